The van der Waals surface area contributed by atoms with Crippen LogP contribution >= 0.6 is 0 Å². The highest BCUT2D eigenvalue weighted by atomic mass is 16.6. The number of anilines is 1. The van der Waals surface area contributed by atoms with E-state index in [1.165, 1.54) is 12.1 Å². The topological polar surface area (TPSA) is 98.7 Å². The van der Waals surface area contributed by atoms with Crippen LogP contribution in [0, 0.1) is 10.1 Å². The van der Waals surface area contributed by atoms with Crippen molar-refractivity contribution in [1.82, 2.24) is 0 Å². The largest absolute Gasteiger partial charge is 0.378 e. The van der Waals surface area contributed by atoms with Crippen LogP contribution in [-0.2, 0) is 4.74 Å². The van der Waals surface area contributed by atoms with Gasteiger partial charge in [0.2, 0.25) is 5.91 Å². The second kappa shape index (κ2) is 5.01. The average Bonchev–Trinajstić information content (AvgIpc) is 2.39. The van der Waals surface area contributed by atoms with Crippen molar-refractivity contribution in [3.8, 4) is 0 Å². The van der Waals surface area contributed by atoms with Crippen molar-refractivity contribution in [3.05, 3.63) is 33.9 Å². The molecule has 0 spiro atoms. The Morgan fingerprint density at radius 1 is 1.39 bits per heavy atom. The first kappa shape index (κ1) is 12.3. The summed E-state index contributed by atoms with van der Waals surface area (Å²) < 4.78 is 5.20. The van der Waals surface area contributed by atoms with Crippen LogP contribution in [0.15, 0.2) is 18.2 Å². The summed E-state index contributed by atoms with van der Waals surface area (Å²) in [5, 5.41) is 11.0. The number of nitro groups is 1. The first-order valence-electron chi connectivity index (χ1n) is 5.50. The van der Waals surface area contributed by atoms with Gasteiger partial charge in [-0.15, -0.1) is 0 Å². The fraction of sp³-hybridized carbons (Fsp3) is 0.364. The van der Waals surface area contributed by atoms with Crippen LogP contribution < -0.4 is 10.6 Å². The van der Waals surface area contributed by atoms with Crippen molar-refractivity contribution in [2.24, 2.45) is 5.73 Å². The maximum atomic E-state index is 11.0. The van der Waals surface area contributed by atoms with E-state index in [4.69, 9.17) is 10.5 Å². The number of carbonyl (C=O) groups excluding carboxylic acids is 1. The summed E-state index contributed by atoms with van der Waals surface area (Å²) in [5.74, 6) is -0.674. The third-order valence-electron chi connectivity index (χ3n) is 2.81. The standard InChI is InChI=1S/C11H13N3O4/c12-11(15)8-1-2-9(10(7-8)14(16)17)13-3-5-18-6-4-13/h1-2,7H,3-6H2,(H2,12,15). The molecule has 0 aliphatic carbocycles. The Morgan fingerprint density at radius 3 is 2.61 bits per heavy atom. The molecule has 1 aliphatic rings. The van der Waals surface area contributed by atoms with Gasteiger partial charge in [-0.2, -0.15) is 0 Å². The van der Waals surface area contributed by atoms with E-state index in [2.05, 4.69) is 0 Å². The summed E-state index contributed by atoms with van der Waals surface area (Å²) in [6.07, 6.45) is 0. The van der Waals surface area contributed by atoms with E-state index in [-0.39, 0.29) is 11.3 Å². The highest BCUT2D eigenvalue weighted by molar-refractivity contribution is 5.94. The number of nitrogens with two attached hydrogens (primary N) is 1. The minimum Gasteiger partial charge on any atom is -0.378 e. The van der Waals surface area contributed by atoms with Gasteiger partial charge in [0.05, 0.1) is 18.1 Å². The summed E-state index contributed by atoms with van der Waals surface area (Å²) in [6.45, 7) is 2.26. The Bertz CT molecular complexity index is 483. The quantitative estimate of drug-likeness (QED) is 0.624. The molecule has 1 saturated heterocycles. The maximum absolute atomic E-state index is 11.0. The average molecular weight is 251 g/mol. The molecule has 0 aromatic heterocycles. The van der Waals surface area contributed by atoms with Crippen LogP contribution in [0.4, 0.5) is 11.4 Å². The van der Waals surface area contributed by atoms with Crippen LogP contribution in [0.25, 0.3) is 0 Å². The van der Waals surface area contributed by atoms with Crippen LogP contribution in [-0.4, -0.2) is 37.1 Å². The number of primary amides is 1. The zero-order valence-corrected chi connectivity index (χ0v) is 9.67. The van der Waals surface area contributed by atoms with Crippen molar-refractivity contribution >= 4 is 17.3 Å². The summed E-state index contributed by atoms with van der Waals surface area (Å²) in [5.41, 5.74) is 5.64. The molecule has 7 nitrogen and oxygen atoms in total. The highest BCUT2D eigenvalue weighted by Crippen LogP contribution is 2.29. The summed E-state index contributed by atoms with van der Waals surface area (Å²) in [7, 11) is 0. The van der Waals surface area contributed by atoms with E-state index in [9.17, 15) is 14.9 Å². The number of rotatable bonds is 3. The minimum absolute atomic E-state index is 0.104. The molecule has 96 valence electrons. The molecule has 1 heterocycles. The Hall–Kier alpha value is -2.15. The molecule has 7 heteroatoms. The maximum Gasteiger partial charge on any atom is 0.293 e. The smallest absolute Gasteiger partial charge is 0.293 e. The van der Waals surface area contributed by atoms with Gasteiger partial charge in [-0.05, 0) is 12.1 Å². The molecule has 2 rings (SSSR count). The molecule has 0 unspecified atom stereocenters. The molecule has 0 bridgehead atoms. The Kier molecular flexibility index (Phi) is 3.42. The first-order chi connectivity index (χ1) is 8.59. The predicted octanol–water partition coefficient (Wildman–Crippen LogP) is 0.530. The van der Waals surface area contributed by atoms with E-state index < -0.39 is 10.8 Å². The number of benzene rings is 1. The van der Waals surface area contributed by atoms with Gasteiger partial charge < -0.3 is 15.4 Å². The number of ether oxygens (including phenoxy) is 1. The van der Waals surface area contributed by atoms with E-state index in [0.29, 0.717) is 32.0 Å². The van der Waals surface area contributed by atoms with Gasteiger partial charge in [0.1, 0.15) is 5.69 Å². The molecular formula is C11H13N3O4. The fourth-order valence-electron chi connectivity index (χ4n) is 1.89. The van der Waals surface area contributed by atoms with Gasteiger partial charge in [0.25, 0.3) is 5.69 Å². The highest BCUT2D eigenvalue weighted by Gasteiger charge is 2.22. The molecule has 1 aromatic carbocycles. The van der Waals surface area contributed by atoms with Crippen molar-refractivity contribution in [2.45, 2.75) is 0 Å². The Morgan fingerprint density at radius 2 is 2.06 bits per heavy atom. The zero-order chi connectivity index (χ0) is 13.1. The minimum atomic E-state index is -0.674. The number of carbonyl (C=O) groups is 1. The molecular weight excluding hydrogens is 238 g/mol. The van der Waals surface area contributed by atoms with Gasteiger partial charge in [0.15, 0.2) is 0 Å². The number of hydrogen-bond acceptors (Lipinski definition) is 5. The normalized spacial score (nSPS) is 15.4. The SMILES string of the molecule is NC(=O)c1ccc(N2CCOCC2)c([N+](=O)[O-])c1. The van der Waals surface area contributed by atoms with E-state index in [0.717, 1.165) is 0 Å². The van der Waals surface area contributed by atoms with Gasteiger partial charge in [-0.1, -0.05) is 0 Å². The summed E-state index contributed by atoms with van der Waals surface area (Å²) in [4.78, 5) is 23.4. The Labute approximate surface area is 103 Å². The number of nitro benzene ring substituents is 1. The number of hydrogen-bond donors (Lipinski definition) is 1. The summed E-state index contributed by atoms with van der Waals surface area (Å²) >= 11 is 0. The van der Waals surface area contributed by atoms with Crippen LogP contribution in [0.5, 0.6) is 0 Å². The molecule has 18 heavy (non-hydrogen) atoms. The molecule has 0 atom stereocenters. The zero-order valence-electron chi connectivity index (χ0n) is 9.67. The molecule has 1 amide bonds. The van der Waals surface area contributed by atoms with Gasteiger partial charge in [0, 0.05) is 24.7 Å². The van der Waals surface area contributed by atoms with Gasteiger partial charge in [-0.25, -0.2) is 0 Å². The van der Waals surface area contributed by atoms with Gasteiger partial charge in [-0.3, -0.25) is 14.9 Å². The van der Waals surface area contributed by atoms with Crippen molar-refractivity contribution < 1.29 is 14.5 Å². The number of amides is 1. The first-order valence-corrected chi connectivity index (χ1v) is 5.50. The predicted molar refractivity (Wildman–Crippen MR) is 64.6 cm³/mol. The Balaban J connectivity index is 2.39. The third kappa shape index (κ3) is 2.40. The van der Waals surface area contributed by atoms with E-state index in [1.54, 1.807) is 6.07 Å². The number of nitrogens with zero attached hydrogens (tertiary/aromatic N) is 2. The van der Waals surface area contributed by atoms with Crippen LogP contribution in [0.2, 0.25) is 0 Å². The van der Waals surface area contributed by atoms with Crippen LogP contribution in [0.1, 0.15) is 10.4 Å². The van der Waals surface area contributed by atoms with Crippen molar-refractivity contribution in [3.63, 3.8) is 0 Å². The lowest BCUT2D eigenvalue weighted by atomic mass is 10.1. The molecule has 2 N–H and O–H groups in total. The lowest BCUT2D eigenvalue weighted by molar-refractivity contribution is -0.384. The van der Waals surface area contributed by atoms with Gasteiger partial charge >= 0.3 is 0 Å². The molecule has 1 fully saturated rings. The number of morpholine rings is 1. The van der Waals surface area contributed by atoms with Crippen molar-refractivity contribution in [2.75, 3.05) is 31.2 Å². The van der Waals surface area contributed by atoms with E-state index >= 15 is 0 Å². The fourth-order valence-corrected chi connectivity index (χ4v) is 1.89. The van der Waals surface area contributed by atoms with Crippen LogP contribution in [0.3, 0.4) is 0 Å². The van der Waals surface area contributed by atoms with E-state index in [1.807, 2.05) is 4.90 Å². The third-order valence-corrected chi connectivity index (χ3v) is 2.81. The lowest BCUT2D eigenvalue weighted by Gasteiger charge is -2.28. The van der Waals surface area contributed by atoms with Crippen molar-refractivity contribution in [1.29, 1.82) is 0 Å². The molecule has 1 aliphatic heterocycles. The summed E-state index contributed by atoms with van der Waals surface area (Å²) in [6, 6.07) is 4.27. The second-order valence-electron chi connectivity index (χ2n) is 3.92. The molecule has 0 radical (unpaired) electrons. The lowest BCUT2D eigenvalue weighted by Crippen LogP contribution is -2.36. The molecule has 1 aromatic rings. The molecule has 0 saturated carbocycles. The second-order valence-corrected chi connectivity index (χ2v) is 3.92. The monoisotopic (exact) mass is 251 g/mol.